The van der Waals surface area contributed by atoms with Gasteiger partial charge in [-0.25, -0.2) is 8.37 Å². The number of aliphatic hydroxyl groups is 7. The first-order valence-electron chi connectivity index (χ1n) is 29.0. The molecule has 5 aliphatic heterocycles. The van der Waals surface area contributed by atoms with E-state index in [1.807, 2.05) is 13.8 Å². The molecule has 4 aliphatic carbocycles. The molecule has 0 radical (unpaired) electrons. The molecular formula is C55H86O28S2. The van der Waals surface area contributed by atoms with Crippen LogP contribution in [-0.2, 0) is 90.9 Å². The Balaban J connectivity index is 0.927. The van der Waals surface area contributed by atoms with Crippen LogP contribution in [0.15, 0.2) is 23.8 Å². The largest absolute Gasteiger partial charge is 0.462 e. The predicted molar refractivity (Wildman–Crippen MR) is 286 cm³/mol. The molecule has 0 aromatic rings. The molecular weight excluding hydrogens is 1170 g/mol. The van der Waals surface area contributed by atoms with Crippen molar-refractivity contribution in [2.75, 3.05) is 26.9 Å². The SMILES string of the molecule is C=C(C)CCC[C@]1(C)OC(=O)[C@]23CC[C@@H]4C(=CC[C@H]5C(C)(C)[C@@H](O[C@@H]6OC[C@@H](OS(=O)(=O)O)[C@H](O)[C@H]6O[C@@H]6O[C@H](C)[C@@H](O[C@@H]7OC[C@@H](O)[C@H](O[C@@H]8O[C@H](CO)[C@@H](O)[C@H](OC)[C@H]8O)[C@H]7OS(=O)(=O)O)[C@H](O)[C@H]6O)CC[C@]45C)[C@]2(C)C[C@H](OC(C)=O)[C@@H]31. The third-order valence-electron chi connectivity index (χ3n) is 20.5. The number of carbonyl (C=O) groups is 2. The monoisotopic (exact) mass is 1260 g/mol. The zero-order valence-electron chi connectivity index (χ0n) is 49.1. The van der Waals surface area contributed by atoms with E-state index in [9.17, 15) is 71.3 Å². The molecule has 8 fully saturated rings. The van der Waals surface area contributed by atoms with E-state index in [0.29, 0.717) is 44.9 Å². The minimum atomic E-state index is -5.46. The van der Waals surface area contributed by atoms with E-state index in [1.165, 1.54) is 13.8 Å². The Morgan fingerprint density at radius 3 is 2.01 bits per heavy atom. The fourth-order valence-corrected chi connectivity index (χ4v) is 17.6. The summed E-state index contributed by atoms with van der Waals surface area (Å²) in [4.78, 5) is 27.5. The minimum Gasteiger partial charge on any atom is -0.462 e. The molecule has 0 aromatic carbocycles. The van der Waals surface area contributed by atoms with Gasteiger partial charge in [0.15, 0.2) is 31.3 Å². The number of aliphatic hydroxyl groups excluding tert-OH is 7. The molecule has 5 saturated heterocycles. The third-order valence-corrected chi connectivity index (χ3v) is 21.4. The molecule has 486 valence electrons. The van der Waals surface area contributed by atoms with Crippen LogP contribution < -0.4 is 0 Å². The summed E-state index contributed by atoms with van der Waals surface area (Å²) in [6.45, 7) is 17.1. The Bertz CT molecular complexity index is 2710. The molecule has 1 spiro atoms. The van der Waals surface area contributed by atoms with Crippen LogP contribution >= 0.6 is 0 Å². The summed E-state index contributed by atoms with van der Waals surface area (Å²) in [6, 6.07) is 0. The molecule has 28 nitrogen and oxygen atoms in total. The highest BCUT2D eigenvalue weighted by Gasteiger charge is 2.79. The van der Waals surface area contributed by atoms with E-state index in [-0.39, 0.29) is 29.1 Å². The second-order valence-electron chi connectivity index (χ2n) is 26.1. The van der Waals surface area contributed by atoms with Crippen molar-refractivity contribution in [2.45, 2.75) is 242 Å². The molecule has 3 saturated carbocycles. The van der Waals surface area contributed by atoms with Crippen LogP contribution in [0.1, 0.15) is 113 Å². The Morgan fingerprint density at radius 2 is 1.38 bits per heavy atom. The average Bonchev–Trinajstić information content (AvgIpc) is 1.53. The molecule has 0 amide bonds. The number of allylic oxidation sites excluding steroid dienone is 3. The molecule has 9 N–H and O–H groups in total. The smallest absolute Gasteiger partial charge is 0.397 e. The topological polar surface area (TPSA) is 404 Å². The lowest BCUT2D eigenvalue weighted by Crippen LogP contribution is -2.66. The molecule has 5 heterocycles. The highest BCUT2D eigenvalue weighted by molar-refractivity contribution is 7.81. The average molecular weight is 1260 g/mol. The van der Waals surface area contributed by atoms with Crippen LogP contribution in [0, 0.1) is 39.4 Å². The lowest BCUT2D eigenvalue weighted by molar-refractivity contribution is -0.380. The number of hydrogen-bond donors (Lipinski definition) is 9. The number of esters is 2. The van der Waals surface area contributed by atoms with E-state index in [4.69, 9.17) is 60.5 Å². The molecule has 0 bridgehead atoms. The van der Waals surface area contributed by atoms with Crippen molar-refractivity contribution in [1.29, 1.82) is 0 Å². The van der Waals surface area contributed by atoms with E-state index in [2.05, 4.69) is 40.3 Å². The first-order chi connectivity index (χ1) is 39.5. The number of rotatable bonds is 19. The first-order valence-corrected chi connectivity index (χ1v) is 31.7. The van der Waals surface area contributed by atoms with Crippen molar-refractivity contribution in [3.8, 4) is 0 Å². The molecule has 9 rings (SSSR count). The highest BCUT2D eigenvalue weighted by Crippen LogP contribution is 2.77. The van der Waals surface area contributed by atoms with Crippen molar-refractivity contribution in [3.63, 3.8) is 0 Å². The summed E-state index contributed by atoms with van der Waals surface area (Å²) in [5.74, 6) is -1.11. The molecule has 27 atom stereocenters. The van der Waals surface area contributed by atoms with Gasteiger partial charge in [0.1, 0.15) is 85.0 Å². The van der Waals surface area contributed by atoms with Crippen LogP contribution in [0.5, 0.6) is 0 Å². The summed E-state index contributed by atoms with van der Waals surface area (Å²) in [7, 11) is -9.54. The summed E-state index contributed by atoms with van der Waals surface area (Å²) < 4.78 is 144. The molecule has 30 heteroatoms. The maximum atomic E-state index is 14.7. The molecule has 9 aliphatic rings. The van der Waals surface area contributed by atoms with Gasteiger partial charge in [0.2, 0.25) is 0 Å². The van der Waals surface area contributed by atoms with Gasteiger partial charge in [-0.1, -0.05) is 44.9 Å². The summed E-state index contributed by atoms with van der Waals surface area (Å²) in [6.07, 6.45) is -25.8. The summed E-state index contributed by atoms with van der Waals surface area (Å²) >= 11 is 0. The molecule has 0 aromatic heterocycles. The van der Waals surface area contributed by atoms with Gasteiger partial charge in [-0.05, 0) is 101 Å². The van der Waals surface area contributed by atoms with Crippen LogP contribution in [0.3, 0.4) is 0 Å². The predicted octanol–water partition coefficient (Wildman–Crippen LogP) is 0.447. The number of cyclic esters (lactones) is 1. The minimum absolute atomic E-state index is 0.00753. The zero-order valence-corrected chi connectivity index (χ0v) is 50.8. The molecule has 85 heavy (non-hydrogen) atoms. The Hall–Kier alpha value is -2.48. The second kappa shape index (κ2) is 24.6. The van der Waals surface area contributed by atoms with Gasteiger partial charge in [-0.2, -0.15) is 16.8 Å². The highest BCUT2D eigenvalue weighted by atomic mass is 32.3. The van der Waals surface area contributed by atoms with Gasteiger partial charge in [0.05, 0.1) is 43.4 Å². The maximum Gasteiger partial charge on any atom is 0.397 e. The fraction of sp³-hybridized carbons (Fsp3) is 0.891. The lowest BCUT2D eigenvalue weighted by Gasteiger charge is -2.64. The van der Waals surface area contributed by atoms with Crippen LogP contribution in [0.4, 0.5) is 0 Å². The van der Waals surface area contributed by atoms with Crippen molar-refractivity contribution in [3.05, 3.63) is 23.8 Å². The second-order valence-corrected chi connectivity index (χ2v) is 28.2. The van der Waals surface area contributed by atoms with Crippen LogP contribution in [-0.4, -0.2) is 229 Å². The summed E-state index contributed by atoms with van der Waals surface area (Å²) in [5.41, 5.74) is -1.36. The fourth-order valence-electron chi connectivity index (χ4n) is 16.6. The molecule has 0 unspecified atom stereocenters. The van der Waals surface area contributed by atoms with E-state index >= 15 is 0 Å². The van der Waals surface area contributed by atoms with Gasteiger partial charge in [0.25, 0.3) is 0 Å². The number of hydrogen-bond acceptors (Lipinski definition) is 26. The number of ether oxygens (including phenoxy) is 11. The number of methoxy groups -OCH3 is 1. The Kier molecular flexibility index (Phi) is 19.4. The van der Waals surface area contributed by atoms with Crippen LogP contribution in [0.2, 0.25) is 0 Å². The zero-order chi connectivity index (χ0) is 62.5. The lowest BCUT2D eigenvalue weighted by atomic mass is 9.41. The quantitative estimate of drug-likeness (QED) is 0.0481. The van der Waals surface area contributed by atoms with Crippen LogP contribution in [0.25, 0.3) is 0 Å². The van der Waals surface area contributed by atoms with E-state index in [1.54, 1.807) is 0 Å². The van der Waals surface area contributed by atoms with Gasteiger partial charge in [0, 0.05) is 19.4 Å². The normalized spacial score (nSPS) is 48.0. The van der Waals surface area contributed by atoms with Crippen molar-refractivity contribution < 1.29 is 132 Å². The number of carbonyl (C=O) groups excluding carboxylic acids is 2. The summed E-state index contributed by atoms with van der Waals surface area (Å²) in [5, 5.41) is 77.6. The number of fused-ring (bicyclic) bond motifs is 4. The Labute approximate surface area is 494 Å². The van der Waals surface area contributed by atoms with E-state index < -0.39 is 191 Å². The Morgan fingerprint density at radius 1 is 0.741 bits per heavy atom. The standard InChI is InChI=1S/C55H86O28S2/c1-24(2)12-11-17-54(9)45-30(75-26(4)57)20-53(8)28-13-14-33-51(5,6)34(16-18-52(33,7)27(28)15-19-55(45,53)50(64)81-54)77-48-43(36(60)32(23-73-48)82-84(65,66)67)80-46-38(62)37(61)40(25(3)74-46)78-49-44(83-85(68,69)70)41(29(58)22-72-49)79-47-39(63)42(71-10)35(59)31(21-56)76-47/h13,25,27,29-49,56,58-63H,1,11-12,14-23H2,2-10H3,(H,65,66,67)(H,68,69,70)/t25-,27-,29-,30+,31-,32-,33+,34+,35-,36+,37-,38-,39-,40-,41+,42+,43-,44-,45-,46+,47+,48+,49+,52-,53+,54+,55-/m1/s1. The van der Waals surface area contributed by atoms with Gasteiger partial charge >= 0.3 is 32.7 Å². The van der Waals surface area contributed by atoms with Crippen molar-refractivity contribution in [1.82, 2.24) is 0 Å². The van der Waals surface area contributed by atoms with Gasteiger partial charge < -0.3 is 87.9 Å². The van der Waals surface area contributed by atoms with Gasteiger partial charge in [-0.3, -0.25) is 18.7 Å². The maximum absolute atomic E-state index is 14.7. The first kappa shape index (κ1) is 66.9. The van der Waals surface area contributed by atoms with Gasteiger partial charge in [-0.15, -0.1) is 6.58 Å². The van der Waals surface area contributed by atoms with Crippen molar-refractivity contribution >= 4 is 32.7 Å². The van der Waals surface area contributed by atoms with E-state index in [0.717, 1.165) is 31.1 Å². The third kappa shape index (κ3) is 12.3. The van der Waals surface area contributed by atoms with Crippen molar-refractivity contribution in [2.24, 2.45) is 39.4 Å².